The number of aryl methyl sites for hydroxylation is 1. The number of aromatic nitrogens is 1. The Hall–Kier alpha value is -3.82. The van der Waals surface area contributed by atoms with Crippen LogP contribution in [-0.4, -0.2) is 31.0 Å². The molecule has 1 aliphatic heterocycles. The third-order valence-corrected chi connectivity index (χ3v) is 8.75. The summed E-state index contributed by atoms with van der Waals surface area (Å²) in [6.07, 6.45) is 3.47. The number of phenols is 1. The highest BCUT2D eigenvalue weighted by Crippen LogP contribution is 2.43. The molecule has 4 aromatic rings. The van der Waals surface area contributed by atoms with Gasteiger partial charge < -0.3 is 19.3 Å². The van der Waals surface area contributed by atoms with Crippen molar-refractivity contribution in [2.24, 2.45) is 4.99 Å². The quantitative estimate of drug-likeness (QED) is 0.353. The molecule has 0 spiro atoms. The Morgan fingerprint density at radius 1 is 1.00 bits per heavy atom. The summed E-state index contributed by atoms with van der Waals surface area (Å²) in [4.78, 5) is 19.7. The number of rotatable bonds is 5. The number of allylic oxidation sites excluding steroid dienone is 1. The van der Waals surface area contributed by atoms with E-state index in [0.29, 0.717) is 31.1 Å². The number of ether oxygens (including phenoxy) is 3. The maximum Gasteiger partial charge on any atom is 0.271 e. The van der Waals surface area contributed by atoms with Crippen molar-refractivity contribution in [3.63, 3.8) is 0 Å². The van der Waals surface area contributed by atoms with Crippen LogP contribution in [0.3, 0.4) is 0 Å². The fraction of sp³-hybridized carbons (Fsp3) is 0.200. The number of thiazole rings is 1. The first-order valence-corrected chi connectivity index (χ1v) is 14.0. The lowest BCUT2D eigenvalue weighted by Crippen LogP contribution is -2.38. The van der Waals surface area contributed by atoms with Crippen LogP contribution in [0.1, 0.15) is 34.7 Å². The number of hydrogen-bond acceptors (Lipinski definition) is 7. The second-order valence-electron chi connectivity index (χ2n) is 9.28. The molecule has 0 bridgehead atoms. The first kappa shape index (κ1) is 25.5. The van der Waals surface area contributed by atoms with Gasteiger partial charge in [0.05, 0.1) is 42.1 Å². The molecule has 7 nitrogen and oxygen atoms in total. The zero-order chi connectivity index (χ0) is 27.3. The molecule has 0 amide bonds. The number of fused-ring (bicyclic) bond motifs is 3. The molecule has 2 heterocycles. The lowest BCUT2D eigenvalue weighted by atomic mass is 9.83. The maximum atomic E-state index is 14.0. The molecular weight excluding hydrogens is 580 g/mol. The topological polar surface area (TPSA) is 82.3 Å². The van der Waals surface area contributed by atoms with Crippen molar-refractivity contribution in [2.45, 2.75) is 18.9 Å². The van der Waals surface area contributed by atoms with E-state index in [1.54, 1.807) is 37.0 Å². The van der Waals surface area contributed by atoms with E-state index >= 15 is 0 Å². The second kappa shape index (κ2) is 10.1. The number of nitrogens with zero attached hydrogens (tertiary/aromatic N) is 2. The lowest BCUT2D eigenvalue weighted by Gasteiger charge is -2.31. The molecule has 198 valence electrons. The van der Waals surface area contributed by atoms with Gasteiger partial charge in [0.15, 0.2) is 27.8 Å². The van der Waals surface area contributed by atoms with Crippen LogP contribution in [0.25, 0.3) is 11.8 Å². The highest BCUT2D eigenvalue weighted by molar-refractivity contribution is 9.10. The van der Waals surface area contributed by atoms with E-state index in [2.05, 4.69) is 34.1 Å². The zero-order valence-corrected chi connectivity index (χ0v) is 23.9. The van der Waals surface area contributed by atoms with Crippen LogP contribution >= 0.6 is 27.3 Å². The van der Waals surface area contributed by atoms with Gasteiger partial charge in [-0.1, -0.05) is 41.7 Å². The van der Waals surface area contributed by atoms with Gasteiger partial charge >= 0.3 is 0 Å². The van der Waals surface area contributed by atoms with E-state index in [0.717, 1.165) is 40.8 Å². The molecule has 0 fully saturated rings. The second-order valence-corrected chi connectivity index (χ2v) is 11.1. The fourth-order valence-corrected chi connectivity index (χ4v) is 6.79. The molecular formula is C30H25BrN2O5S. The molecule has 1 aliphatic carbocycles. The van der Waals surface area contributed by atoms with Gasteiger partial charge in [-0.3, -0.25) is 9.36 Å². The Labute approximate surface area is 237 Å². The Morgan fingerprint density at radius 2 is 1.77 bits per heavy atom. The van der Waals surface area contributed by atoms with Crippen molar-refractivity contribution in [3.8, 4) is 23.0 Å². The van der Waals surface area contributed by atoms with E-state index in [-0.39, 0.29) is 17.4 Å². The highest BCUT2D eigenvalue weighted by atomic mass is 79.9. The van der Waals surface area contributed by atoms with Gasteiger partial charge in [0, 0.05) is 5.56 Å². The molecule has 0 saturated carbocycles. The molecule has 9 heteroatoms. The molecule has 0 saturated heterocycles. The van der Waals surface area contributed by atoms with Crippen LogP contribution in [0, 0.1) is 0 Å². The van der Waals surface area contributed by atoms with Crippen LogP contribution < -0.4 is 29.1 Å². The molecule has 0 unspecified atom stereocenters. The first-order valence-electron chi connectivity index (χ1n) is 12.3. The highest BCUT2D eigenvalue weighted by Gasteiger charge is 2.33. The van der Waals surface area contributed by atoms with Crippen LogP contribution in [0.4, 0.5) is 0 Å². The molecule has 1 aromatic heterocycles. The number of hydrogen-bond donors (Lipinski definition) is 1. The minimum absolute atomic E-state index is 0.0101. The van der Waals surface area contributed by atoms with Gasteiger partial charge in [-0.15, -0.1) is 0 Å². The summed E-state index contributed by atoms with van der Waals surface area (Å²) in [5.74, 6) is 1.56. The SMILES string of the molecule is COc1ccc([C@@H]2C3=C(N=c4s/c(=C\c5cc(Br)c(O)c(OC)c5)c(=O)n42)c2ccccc2CC3)cc1OC. The minimum Gasteiger partial charge on any atom is -0.503 e. The van der Waals surface area contributed by atoms with Crippen LogP contribution in [0.2, 0.25) is 0 Å². The van der Waals surface area contributed by atoms with Gasteiger partial charge in [0.2, 0.25) is 0 Å². The normalized spacial score (nSPS) is 16.2. The summed E-state index contributed by atoms with van der Waals surface area (Å²) >= 11 is 4.72. The first-order chi connectivity index (χ1) is 18.9. The Balaban J connectivity index is 1.61. The van der Waals surface area contributed by atoms with E-state index in [1.807, 2.05) is 24.3 Å². The summed E-state index contributed by atoms with van der Waals surface area (Å²) in [6, 6.07) is 17.3. The monoisotopic (exact) mass is 604 g/mol. The zero-order valence-electron chi connectivity index (χ0n) is 21.5. The Kier molecular flexibility index (Phi) is 6.56. The number of halogens is 1. The Bertz CT molecular complexity index is 1840. The molecule has 1 N–H and O–H groups in total. The van der Waals surface area contributed by atoms with Crippen molar-refractivity contribution in [1.82, 2.24) is 4.57 Å². The van der Waals surface area contributed by atoms with Crippen LogP contribution in [0.5, 0.6) is 23.0 Å². The fourth-order valence-electron chi connectivity index (χ4n) is 5.33. The largest absolute Gasteiger partial charge is 0.503 e. The van der Waals surface area contributed by atoms with Gasteiger partial charge in [0.25, 0.3) is 5.56 Å². The predicted molar refractivity (Wildman–Crippen MR) is 155 cm³/mol. The molecule has 3 aromatic carbocycles. The van der Waals surface area contributed by atoms with E-state index in [9.17, 15) is 9.90 Å². The third kappa shape index (κ3) is 4.26. The average Bonchev–Trinajstić information content (AvgIpc) is 3.27. The van der Waals surface area contributed by atoms with Crippen molar-refractivity contribution >= 4 is 39.0 Å². The summed E-state index contributed by atoms with van der Waals surface area (Å²) in [7, 11) is 4.71. The van der Waals surface area contributed by atoms with Gasteiger partial charge in [-0.2, -0.15) is 0 Å². The number of phenolic OH excluding ortho intramolecular Hbond substituents is 1. The number of methoxy groups -OCH3 is 3. The molecule has 1 atom stereocenters. The molecule has 6 rings (SSSR count). The molecule has 2 aliphatic rings. The third-order valence-electron chi connectivity index (χ3n) is 7.16. The standard InChI is InChI=1S/C30H25BrN2O5S/c1-36-22-11-9-18(15-23(22)37-2)27-20-10-8-17-6-4-5-7-19(17)26(20)32-30-33(27)29(35)25(39-30)14-16-12-21(31)28(34)24(13-16)38-3/h4-7,9,11-15,27,34H,8,10H2,1-3H3/b25-14-/t27-/m1/s1. The Morgan fingerprint density at radius 3 is 2.54 bits per heavy atom. The van der Waals surface area contributed by atoms with Gasteiger partial charge in [0.1, 0.15) is 0 Å². The minimum atomic E-state index is -0.340. The number of aromatic hydroxyl groups is 1. The summed E-state index contributed by atoms with van der Waals surface area (Å²) < 4.78 is 19.2. The van der Waals surface area contributed by atoms with Crippen LogP contribution in [-0.2, 0) is 6.42 Å². The van der Waals surface area contributed by atoms with Crippen LogP contribution in [0.15, 0.2) is 74.4 Å². The predicted octanol–water partition coefficient (Wildman–Crippen LogP) is 4.81. The van der Waals surface area contributed by atoms with Gasteiger partial charge in [-0.05, 0) is 81.4 Å². The molecule has 39 heavy (non-hydrogen) atoms. The van der Waals surface area contributed by atoms with E-state index in [1.165, 1.54) is 24.0 Å². The van der Waals surface area contributed by atoms with Crippen molar-refractivity contribution in [1.29, 1.82) is 0 Å². The average molecular weight is 606 g/mol. The summed E-state index contributed by atoms with van der Waals surface area (Å²) in [6.45, 7) is 0. The van der Waals surface area contributed by atoms with Crippen molar-refractivity contribution in [3.05, 3.63) is 107 Å². The number of benzene rings is 3. The summed E-state index contributed by atoms with van der Waals surface area (Å²) in [5, 5.41) is 10.2. The van der Waals surface area contributed by atoms with Crippen molar-refractivity contribution < 1.29 is 19.3 Å². The maximum absolute atomic E-state index is 14.0. The van der Waals surface area contributed by atoms with Crippen molar-refractivity contribution in [2.75, 3.05) is 21.3 Å². The van der Waals surface area contributed by atoms with Gasteiger partial charge in [-0.25, -0.2) is 4.99 Å². The smallest absolute Gasteiger partial charge is 0.271 e. The summed E-state index contributed by atoms with van der Waals surface area (Å²) in [5.41, 5.74) is 5.91. The molecule has 0 radical (unpaired) electrons. The van der Waals surface area contributed by atoms with E-state index < -0.39 is 0 Å². The lowest BCUT2D eigenvalue weighted by molar-refractivity contribution is 0.354. The van der Waals surface area contributed by atoms with E-state index in [4.69, 9.17) is 19.2 Å².